The molecule has 0 radical (unpaired) electrons. The SMILES string of the molecule is COCCCn1c(=S)[nH]c2cc(C(=O)NC(C)Cc3ccc(Br)cc3)ccc2c1=O. The minimum Gasteiger partial charge on any atom is -0.385 e. The van der Waals surface area contributed by atoms with Gasteiger partial charge in [0.1, 0.15) is 0 Å². The number of amides is 1. The van der Waals surface area contributed by atoms with Gasteiger partial charge in [-0.2, -0.15) is 0 Å². The largest absolute Gasteiger partial charge is 0.385 e. The predicted molar refractivity (Wildman–Crippen MR) is 125 cm³/mol. The summed E-state index contributed by atoms with van der Waals surface area (Å²) in [5.41, 5.74) is 2.01. The van der Waals surface area contributed by atoms with E-state index < -0.39 is 0 Å². The summed E-state index contributed by atoms with van der Waals surface area (Å²) >= 11 is 8.76. The minimum atomic E-state index is -0.190. The molecule has 1 unspecified atom stereocenters. The van der Waals surface area contributed by atoms with E-state index in [-0.39, 0.29) is 17.5 Å². The first-order chi connectivity index (χ1) is 14.4. The van der Waals surface area contributed by atoms with Crippen LogP contribution in [-0.4, -0.2) is 35.2 Å². The predicted octanol–water partition coefficient (Wildman–Crippen LogP) is 4.22. The summed E-state index contributed by atoms with van der Waals surface area (Å²) in [6, 6.07) is 13.0. The maximum Gasteiger partial charge on any atom is 0.262 e. The van der Waals surface area contributed by atoms with Crippen LogP contribution in [-0.2, 0) is 17.7 Å². The molecule has 0 aliphatic heterocycles. The van der Waals surface area contributed by atoms with Crippen LogP contribution in [0.15, 0.2) is 51.7 Å². The molecule has 0 saturated carbocycles. The fraction of sp³-hybridized carbons (Fsp3) is 0.318. The van der Waals surface area contributed by atoms with E-state index in [9.17, 15) is 9.59 Å². The number of rotatable bonds is 8. The Morgan fingerprint density at radius 3 is 2.70 bits per heavy atom. The number of ether oxygens (including phenoxy) is 1. The van der Waals surface area contributed by atoms with Crippen LogP contribution in [0.25, 0.3) is 10.9 Å². The van der Waals surface area contributed by atoms with E-state index in [1.165, 1.54) is 4.57 Å². The van der Waals surface area contributed by atoms with Gasteiger partial charge in [-0.15, -0.1) is 0 Å². The van der Waals surface area contributed by atoms with Gasteiger partial charge >= 0.3 is 0 Å². The standard InChI is InChI=1S/C22H24BrN3O3S/c1-14(12-15-4-7-17(23)8-5-15)24-20(27)16-6-9-18-19(13-16)25-22(30)26(21(18)28)10-3-11-29-2/h4-9,13-14H,3,10-12H2,1-2H3,(H,24,27)(H,25,30). The van der Waals surface area contributed by atoms with Crippen LogP contribution in [0.1, 0.15) is 29.3 Å². The highest BCUT2D eigenvalue weighted by molar-refractivity contribution is 9.10. The second kappa shape index (κ2) is 10.1. The topological polar surface area (TPSA) is 76.1 Å². The van der Waals surface area contributed by atoms with Gasteiger partial charge in [-0.1, -0.05) is 28.1 Å². The maximum absolute atomic E-state index is 12.8. The molecule has 158 valence electrons. The molecule has 2 aromatic carbocycles. The number of hydrogen-bond acceptors (Lipinski definition) is 4. The number of aromatic nitrogens is 2. The lowest BCUT2D eigenvalue weighted by Crippen LogP contribution is -2.34. The lowest BCUT2D eigenvalue weighted by molar-refractivity contribution is 0.0940. The Balaban J connectivity index is 1.76. The molecule has 0 aliphatic rings. The molecule has 1 heterocycles. The van der Waals surface area contributed by atoms with Crippen molar-refractivity contribution < 1.29 is 9.53 Å². The Bertz CT molecular complexity index is 1150. The van der Waals surface area contributed by atoms with Gasteiger partial charge in [-0.3, -0.25) is 14.2 Å². The zero-order valence-corrected chi connectivity index (χ0v) is 19.3. The van der Waals surface area contributed by atoms with Crippen molar-refractivity contribution in [3.63, 3.8) is 0 Å². The van der Waals surface area contributed by atoms with Gasteiger partial charge < -0.3 is 15.0 Å². The normalized spacial score (nSPS) is 12.1. The summed E-state index contributed by atoms with van der Waals surface area (Å²) in [4.78, 5) is 28.5. The molecular weight excluding hydrogens is 466 g/mol. The van der Waals surface area contributed by atoms with Crippen molar-refractivity contribution in [1.29, 1.82) is 0 Å². The van der Waals surface area contributed by atoms with E-state index >= 15 is 0 Å². The highest BCUT2D eigenvalue weighted by Crippen LogP contribution is 2.14. The summed E-state index contributed by atoms with van der Waals surface area (Å²) in [7, 11) is 1.62. The zero-order valence-electron chi connectivity index (χ0n) is 16.9. The first-order valence-electron chi connectivity index (χ1n) is 9.70. The second-order valence-corrected chi connectivity index (χ2v) is 8.50. The van der Waals surface area contributed by atoms with Crippen LogP contribution >= 0.6 is 28.1 Å². The van der Waals surface area contributed by atoms with Crippen LogP contribution in [0.4, 0.5) is 0 Å². The molecule has 0 spiro atoms. The Kier molecular flexibility index (Phi) is 7.58. The van der Waals surface area contributed by atoms with Crippen molar-refractivity contribution in [3.8, 4) is 0 Å². The van der Waals surface area contributed by atoms with Crippen LogP contribution in [0.5, 0.6) is 0 Å². The number of methoxy groups -OCH3 is 1. The summed E-state index contributed by atoms with van der Waals surface area (Å²) in [6.07, 6.45) is 1.41. The summed E-state index contributed by atoms with van der Waals surface area (Å²) in [5.74, 6) is -0.190. The van der Waals surface area contributed by atoms with E-state index in [0.717, 1.165) is 16.5 Å². The second-order valence-electron chi connectivity index (χ2n) is 7.20. The van der Waals surface area contributed by atoms with Gasteiger partial charge in [0.25, 0.3) is 11.5 Å². The Morgan fingerprint density at radius 2 is 2.00 bits per heavy atom. The van der Waals surface area contributed by atoms with Gasteiger partial charge in [0, 0.05) is 36.3 Å². The van der Waals surface area contributed by atoms with Gasteiger partial charge in [-0.25, -0.2) is 0 Å². The summed E-state index contributed by atoms with van der Waals surface area (Å²) in [6.45, 7) is 3.00. The molecule has 1 atom stereocenters. The number of hydrogen-bond donors (Lipinski definition) is 2. The molecule has 0 fully saturated rings. The number of H-pyrrole nitrogens is 1. The number of fused-ring (bicyclic) bond motifs is 1. The van der Waals surface area contributed by atoms with E-state index in [2.05, 4.69) is 26.2 Å². The minimum absolute atomic E-state index is 0.0401. The van der Waals surface area contributed by atoms with Crippen molar-refractivity contribution in [2.75, 3.05) is 13.7 Å². The van der Waals surface area contributed by atoms with Crippen molar-refractivity contribution in [3.05, 3.63) is 73.2 Å². The molecule has 1 amide bonds. The molecule has 30 heavy (non-hydrogen) atoms. The van der Waals surface area contributed by atoms with Crippen LogP contribution < -0.4 is 10.9 Å². The Morgan fingerprint density at radius 1 is 1.27 bits per heavy atom. The average molecular weight is 490 g/mol. The van der Waals surface area contributed by atoms with Gasteiger partial charge in [0.05, 0.1) is 10.9 Å². The summed E-state index contributed by atoms with van der Waals surface area (Å²) in [5, 5.41) is 3.51. The number of benzene rings is 2. The molecule has 2 N–H and O–H groups in total. The van der Waals surface area contributed by atoms with Crippen LogP contribution in [0.3, 0.4) is 0 Å². The lowest BCUT2D eigenvalue weighted by Gasteiger charge is -2.15. The monoisotopic (exact) mass is 489 g/mol. The average Bonchev–Trinajstić information content (AvgIpc) is 2.71. The van der Waals surface area contributed by atoms with Crippen molar-refractivity contribution in [1.82, 2.24) is 14.9 Å². The van der Waals surface area contributed by atoms with Crippen LogP contribution in [0, 0.1) is 4.77 Å². The Labute approximate surface area is 188 Å². The molecule has 3 aromatic rings. The Hall–Kier alpha value is -2.29. The maximum atomic E-state index is 12.8. The number of nitrogens with zero attached hydrogens (tertiary/aromatic N) is 1. The smallest absolute Gasteiger partial charge is 0.262 e. The fourth-order valence-electron chi connectivity index (χ4n) is 3.30. The first kappa shape index (κ1) is 22.4. The van der Waals surface area contributed by atoms with Crippen molar-refractivity contribution in [2.24, 2.45) is 0 Å². The molecule has 0 aliphatic carbocycles. The number of carbonyl (C=O) groups excluding carboxylic acids is 1. The quantitative estimate of drug-likeness (QED) is 0.366. The van der Waals surface area contributed by atoms with Gasteiger partial charge in [0.2, 0.25) is 0 Å². The van der Waals surface area contributed by atoms with E-state index in [0.29, 0.717) is 40.8 Å². The molecule has 0 bridgehead atoms. The number of carbonyl (C=O) groups is 1. The van der Waals surface area contributed by atoms with Crippen molar-refractivity contribution in [2.45, 2.75) is 32.4 Å². The third kappa shape index (κ3) is 5.44. The molecule has 0 saturated heterocycles. The third-order valence-electron chi connectivity index (χ3n) is 4.81. The van der Waals surface area contributed by atoms with E-state index in [1.54, 1.807) is 25.3 Å². The van der Waals surface area contributed by atoms with Crippen molar-refractivity contribution >= 4 is 45.0 Å². The molecule has 8 heteroatoms. The van der Waals surface area contributed by atoms with Crippen LogP contribution in [0.2, 0.25) is 0 Å². The number of halogens is 1. The zero-order chi connectivity index (χ0) is 21.7. The van der Waals surface area contributed by atoms with Gasteiger partial charge in [-0.05, 0) is 67.9 Å². The number of nitrogens with one attached hydrogen (secondary N) is 2. The molecule has 1 aromatic heterocycles. The highest BCUT2D eigenvalue weighted by atomic mass is 79.9. The molecular formula is C22H24BrN3O3S. The summed E-state index contributed by atoms with van der Waals surface area (Å²) < 4.78 is 7.93. The fourth-order valence-corrected chi connectivity index (χ4v) is 3.85. The third-order valence-corrected chi connectivity index (χ3v) is 5.66. The van der Waals surface area contributed by atoms with E-state index in [1.807, 2.05) is 31.2 Å². The van der Waals surface area contributed by atoms with E-state index in [4.69, 9.17) is 17.0 Å². The molecule has 3 rings (SSSR count). The van der Waals surface area contributed by atoms with Gasteiger partial charge in [0.15, 0.2) is 4.77 Å². The number of aromatic amines is 1. The lowest BCUT2D eigenvalue weighted by atomic mass is 10.1. The highest BCUT2D eigenvalue weighted by Gasteiger charge is 2.13. The first-order valence-corrected chi connectivity index (χ1v) is 10.9. The molecule has 6 nitrogen and oxygen atoms in total.